The van der Waals surface area contributed by atoms with Crippen molar-refractivity contribution in [3.63, 3.8) is 0 Å². The van der Waals surface area contributed by atoms with E-state index in [1.807, 2.05) is 13.8 Å². The fourth-order valence-electron chi connectivity index (χ4n) is 2.84. The smallest absolute Gasteiger partial charge is 0.416 e. The van der Waals surface area contributed by atoms with Crippen LogP contribution in [0.25, 0.3) is 0 Å². The van der Waals surface area contributed by atoms with Crippen molar-refractivity contribution in [1.82, 2.24) is 0 Å². The van der Waals surface area contributed by atoms with E-state index in [9.17, 15) is 27.9 Å². The van der Waals surface area contributed by atoms with E-state index in [4.69, 9.17) is 0 Å². The van der Waals surface area contributed by atoms with E-state index < -0.39 is 35.5 Å². The zero-order valence-corrected chi connectivity index (χ0v) is 13.3. The van der Waals surface area contributed by atoms with Gasteiger partial charge in [0.25, 0.3) is 0 Å². The van der Waals surface area contributed by atoms with Crippen LogP contribution in [-0.4, -0.2) is 17.0 Å². The van der Waals surface area contributed by atoms with Crippen LogP contribution in [0.5, 0.6) is 0 Å². The van der Waals surface area contributed by atoms with Gasteiger partial charge in [-0.25, -0.2) is 0 Å². The Bertz CT molecular complexity index is 695. The SMILES string of the molecule is CC1=C(C)C[C@@H](C(=O)Nc2cccc(C(F)(F)F)c2)[C@@H](C(=O)O)C1. The van der Waals surface area contributed by atoms with Crippen molar-refractivity contribution in [2.45, 2.75) is 32.9 Å². The molecule has 0 heterocycles. The summed E-state index contributed by atoms with van der Waals surface area (Å²) in [6.45, 7) is 3.66. The normalized spacial score (nSPS) is 21.5. The Hall–Kier alpha value is -2.31. The van der Waals surface area contributed by atoms with Crippen LogP contribution in [0.1, 0.15) is 32.3 Å². The maximum Gasteiger partial charge on any atom is 0.416 e. The number of benzene rings is 1. The Morgan fingerprint density at radius 1 is 1.12 bits per heavy atom. The minimum Gasteiger partial charge on any atom is -0.481 e. The average Bonchev–Trinajstić information content (AvgIpc) is 2.48. The highest BCUT2D eigenvalue weighted by Crippen LogP contribution is 2.35. The van der Waals surface area contributed by atoms with E-state index >= 15 is 0 Å². The first-order chi connectivity index (χ1) is 11.1. The van der Waals surface area contributed by atoms with Crippen LogP contribution in [0.4, 0.5) is 18.9 Å². The van der Waals surface area contributed by atoms with E-state index in [1.165, 1.54) is 12.1 Å². The lowest BCUT2D eigenvalue weighted by molar-refractivity contribution is -0.146. The van der Waals surface area contributed by atoms with Crippen LogP contribution < -0.4 is 5.32 Å². The monoisotopic (exact) mass is 341 g/mol. The number of nitrogens with one attached hydrogen (secondary N) is 1. The standard InChI is InChI=1S/C17H18F3NO3/c1-9-6-13(14(16(23)24)7-10(9)2)15(22)21-12-5-3-4-11(8-12)17(18,19)20/h3-5,8,13-14H,6-7H2,1-2H3,(H,21,22)(H,23,24)/t13-,14+/m1/s1. The van der Waals surface area contributed by atoms with Gasteiger partial charge >= 0.3 is 12.1 Å². The number of hydrogen-bond acceptors (Lipinski definition) is 2. The van der Waals surface area contributed by atoms with Gasteiger partial charge < -0.3 is 10.4 Å². The predicted octanol–water partition coefficient (Wildman–Crippen LogP) is 4.09. The van der Waals surface area contributed by atoms with Crippen LogP contribution in [0, 0.1) is 11.8 Å². The lowest BCUT2D eigenvalue weighted by Crippen LogP contribution is -2.36. The lowest BCUT2D eigenvalue weighted by Gasteiger charge is -2.29. The number of carbonyl (C=O) groups excluding carboxylic acids is 1. The van der Waals surface area contributed by atoms with Gasteiger partial charge in [-0.05, 0) is 44.9 Å². The third-order valence-electron chi connectivity index (χ3n) is 4.38. The summed E-state index contributed by atoms with van der Waals surface area (Å²) in [7, 11) is 0. The minimum atomic E-state index is -4.51. The van der Waals surface area contributed by atoms with Crippen LogP contribution in [0.3, 0.4) is 0 Å². The van der Waals surface area contributed by atoms with Crippen LogP contribution in [0.15, 0.2) is 35.4 Å². The van der Waals surface area contributed by atoms with Crippen molar-refractivity contribution >= 4 is 17.6 Å². The number of allylic oxidation sites excluding steroid dienone is 2. The third-order valence-corrected chi connectivity index (χ3v) is 4.38. The second-order valence-electron chi connectivity index (χ2n) is 6.09. The molecule has 0 saturated carbocycles. The maximum absolute atomic E-state index is 12.7. The van der Waals surface area contributed by atoms with E-state index in [-0.39, 0.29) is 18.5 Å². The van der Waals surface area contributed by atoms with Gasteiger partial charge in [-0.15, -0.1) is 0 Å². The molecule has 0 bridgehead atoms. The summed E-state index contributed by atoms with van der Waals surface area (Å²) in [5, 5.41) is 11.7. The topological polar surface area (TPSA) is 66.4 Å². The summed E-state index contributed by atoms with van der Waals surface area (Å²) < 4.78 is 38.2. The zero-order chi connectivity index (χ0) is 18.1. The average molecular weight is 341 g/mol. The van der Waals surface area contributed by atoms with Crippen LogP contribution >= 0.6 is 0 Å². The Kier molecular flexibility index (Phi) is 5.01. The molecule has 1 amide bonds. The summed E-state index contributed by atoms with van der Waals surface area (Å²) in [5.41, 5.74) is 1.01. The molecule has 0 radical (unpaired) electrons. The molecule has 1 aromatic rings. The van der Waals surface area contributed by atoms with Gasteiger partial charge in [0.2, 0.25) is 5.91 Å². The number of aliphatic carboxylic acids is 1. The molecule has 0 spiro atoms. The second kappa shape index (κ2) is 6.67. The van der Waals surface area contributed by atoms with Crippen molar-refractivity contribution in [1.29, 1.82) is 0 Å². The summed E-state index contributed by atoms with van der Waals surface area (Å²) >= 11 is 0. The lowest BCUT2D eigenvalue weighted by atomic mass is 9.76. The number of hydrogen-bond donors (Lipinski definition) is 2. The fraction of sp³-hybridized carbons (Fsp3) is 0.412. The first-order valence-corrected chi connectivity index (χ1v) is 7.45. The first kappa shape index (κ1) is 18.0. The van der Waals surface area contributed by atoms with Crippen molar-refractivity contribution in [2.75, 3.05) is 5.32 Å². The van der Waals surface area contributed by atoms with Crippen molar-refractivity contribution in [2.24, 2.45) is 11.8 Å². The molecule has 2 atom stereocenters. The van der Waals surface area contributed by atoms with Gasteiger partial charge in [0.15, 0.2) is 0 Å². The molecule has 1 aromatic carbocycles. The highest BCUT2D eigenvalue weighted by molar-refractivity contribution is 5.95. The molecule has 1 aliphatic carbocycles. The molecule has 1 aliphatic rings. The van der Waals surface area contributed by atoms with E-state index in [1.54, 1.807) is 0 Å². The molecular weight excluding hydrogens is 323 g/mol. The van der Waals surface area contributed by atoms with Crippen molar-refractivity contribution < 1.29 is 27.9 Å². The summed E-state index contributed by atoms with van der Waals surface area (Å²) in [4.78, 5) is 23.8. The van der Waals surface area contributed by atoms with E-state index in [2.05, 4.69) is 5.32 Å². The van der Waals surface area contributed by atoms with E-state index in [0.29, 0.717) is 0 Å². The summed E-state index contributed by atoms with van der Waals surface area (Å²) in [6, 6.07) is 4.29. The molecule has 7 heteroatoms. The summed E-state index contributed by atoms with van der Waals surface area (Å²) in [6.07, 6.45) is -3.96. The fourth-order valence-corrected chi connectivity index (χ4v) is 2.84. The minimum absolute atomic E-state index is 0.00268. The second-order valence-corrected chi connectivity index (χ2v) is 6.09. The predicted molar refractivity (Wildman–Crippen MR) is 82.3 cm³/mol. The van der Waals surface area contributed by atoms with E-state index in [0.717, 1.165) is 23.3 Å². The number of anilines is 1. The van der Waals surface area contributed by atoms with Crippen molar-refractivity contribution in [3.8, 4) is 0 Å². The van der Waals surface area contributed by atoms with Crippen molar-refractivity contribution in [3.05, 3.63) is 41.0 Å². The number of alkyl halides is 3. The van der Waals surface area contributed by atoms with Crippen LogP contribution in [0.2, 0.25) is 0 Å². The van der Waals surface area contributed by atoms with Gasteiger partial charge in [0, 0.05) is 5.69 Å². The Labute approximate surface area is 137 Å². The summed E-state index contributed by atoms with van der Waals surface area (Å²) in [5.74, 6) is -3.33. The molecule has 0 unspecified atom stereocenters. The van der Waals surface area contributed by atoms with Gasteiger partial charge in [0.05, 0.1) is 17.4 Å². The van der Waals surface area contributed by atoms with Gasteiger partial charge in [-0.1, -0.05) is 17.2 Å². The zero-order valence-electron chi connectivity index (χ0n) is 13.3. The highest BCUT2D eigenvalue weighted by Gasteiger charge is 2.37. The van der Waals surface area contributed by atoms with Gasteiger partial charge in [-0.2, -0.15) is 13.2 Å². The number of amides is 1. The molecule has 2 rings (SSSR count). The first-order valence-electron chi connectivity index (χ1n) is 7.45. The molecule has 0 aliphatic heterocycles. The Morgan fingerprint density at radius 2 is 1.71 bits per heavy atom. The molecule has 2 N–H and O–H groups in total. The quantitative estimate of drug-likeness (QED) is 0.814. The molecular formula is C17H18F3NO3. The molecule has 0 saturated heterocycles. The highest BCUT2D eigenvalue weighted by atomic mass is 19.4. The number of carbonyl (C=O) groups is 2. The molecule has 0 aromatic heterocycles. The van der Waals surface area contributed by atoms with Gasteiger partial charge in [0.1, 0.15) is 0 Å². The molecule has 4 nitrogen and oxygen atoms in total. The third kappa shape index (κ3) is 3.96. The number of carboxylic acids is 1. The number of carboxylic acid groups (broad SMARTS) is 1. The largest absolute Gasteiger partial charge is 0.481 e. The number of rotatable bonds is 3. The molecule has 0 fully saturated rings. The molecule has 130 valence electrons. The van der Waals surface area contributed by atoms with Crippen LogP contribution in [-0.2, 0) is 15.8 Å². The molecule has 24 heavy (non-hydrogen) atoms. The Morgan fingerprint density at radius 3 is 2.25 bits per heavy atom. The Balaban J connectivity index is 2.21. The van der Waals surface area contributed by atoms with Gasteiger partial charge in [-0.3, -0.25) is 9.59 Å². The number of halogens is 3. The maximum atomic E-state index is 12.7.